The van der Waals surface area contributed by atoms with Crippen molar-refractivity contribution in [2.45, 2.75) is 12.5 Å². The van der Waals surface area contributed by atoms with Crippen LogP contribution >= 0.6 is 11.6 Å². The normalized spacial score (nSPS) is 17.9. The van der Waals surface area contributed by atoms with Gasteiger partial charge in [-0.3, -0.25) is 4.79 Å². The molecule has 3 N–H and O–H groups in total. The van der Waals surface area contributed by atoms with E-state index in [2.05, 4.69) is 16.0 Å². The molecule has 0 aromatic heterocycles. The minimum absolute atomic E-state index is 0.0531. The van der Waals surface area contributed by atoms with Crippen molar-refractivity contribution >= 4 is 44.8 Å². The Bertz CT molecular complexity index is 978. The number of hydrogen-bond donors (Lipinski definition) is 3. The van der Waals surface area contributed by atoms with Crippen LogP contribution in [0.2, 0.25) is 5.02 Å². The highest BCUT2D eigenvalue weighted by Gasteiger charge is 2.28. The number of halogens is 1. The van der Waals surface area contributed by atoms with E-state index in [0.29, 0.717) is 28.4 Å². The van der Waals surface area contributed by atoms with Crippen molar-refractivity contribution in [2.75, 3.05) is 22.1 Å². The van der Waals surface area contributed by atoms with Gasteiger partial charge in [0.05, 0.1) is 11.5 Å². The zero-order valence-corrected chi connectivity index (χ0v) is 15.8. The third-order valence-electron chi connectivity index (χ3n) is 4.03. The minimum Gasteiger partial charge on any atom is -0.334 e. The van der Waals surface area contributed by atoms with Crippen LogP contribution in [0.1, 0.15) is 16.8 Å². The van der Waals surface area contributed by atoms with Crippen molar-refractivity contribution in [3.8, 4) is 0 Å². The average molecular weight is 408 g/mol. The molecule has 27 heavy (non-hydrogen) atoms. The van der Waals surface area contributed by atoms with Gasteiger partial charge in [0, 0.05) is 28.0 Å². The van der Waals surface area contributed by atoms with Gasteiger partial charge in [0.2, 0.25) is 0 Å². The molecule has 1 aliphatic heterocycles. The number of sulfone groups is 1. The van der Waals surface area contributed by atoms with Crippen molar-refractivity contribution < 1.29 is 18.0 Å². The summed E-state index contributed by atoms with van der Waals surface area (Å²) in [5.74, 6) is -0.317. The first-order chi connectivity index (χ1) is 12.8. The lowest BCUT2D eigenvalue weighted by atomic mass is 10.2. The Labute approximate surface area is 162 Å². The lowest BCUT2D eigenvalue weighted by Crippen LogP contribution is -2.38. The Kier molecular flexibility index (Phi) is 5.67. The second-order valence-electron chi connectivity index (χ2n) is 6.24. The monoisotopic (exact) mass is 407 g/mol. The fourth-order valence-electron chi connectivity index (χ4n) is 2.77. The number of hydrogen-bond acceptors (Lipinski definition) is 4. The number of benzene rings is 2. The third-order valence-corrected chi connectivity index (χ3v) is 6.04. The summed E-state index contributed by atoms with van der Waals surface area (Å²) in [7, 11) is -3.07. The average Bonchev–Trinajstić information content (AvgIpc) is 2.93. The van der Waals surface area contributed by atoms with E-state index < -0.39 is 21.9 Å². The van der Waals surface area contributed by atoms with E-state index in [9.17, 15) is 18.0 Å². The van der Waals surface area contributed by atoms with Gasteiger partial charge in [-0.2, -0.15) is 0 Å². The number of amides is 3. The minimum atomic E-state index is -3.07. The fraction of sp³-hybridized carbons (Fsp3) is 0.222. The zero-order valence-electron chi connectivity index (χ0n) is 14.2. The molecule has 1 heterocycles. The first-order valence-corrected chi connectivity index (χ1v) is 10.5. The smallest absolute Gasteiger partial charge is 0.319 e. The summed E-state index contributed by atoms with van der Waals surface area (Å²) in [6.07, 6.45) is 0.401. The predicted octanol–water partition coefficient (Wildman–Crippen LogP) is 2.90. The highest BCUT2D eigenvalue weighted by Crippen LogP contribution is 2.17. The van der Waals surface area contributed by atoms with Crippen molar-refractivity contribution in [3.05, 3.63) is 59.1 Å². The quantitative estimate of drug-likeness (QED) is 0.724. The SMILES string of the molecule is O=C(Nc1cccc(C(=O)Nc2cccc(Cl)c2)c1)N[C@@H]1CCS(=O)(=O)C1. The summed E-state index contributed by atoms with van der Waals surface area (Å²) in [5.41, 5.74) is 1.34. The maximum atomic E-state index is 12.4. The predicted molar refractivity (Wildman–Crippen MR) is 105 cm³/mol. The Balaban J connectivity index is 1.61. The summed E-state index contributed by atoms with van der Waals surface area (Å²) in [5, 5.41) is 8.49. The fourth-order valence-corrected chi connectivity index (χ4v) is 4.63. The number of nitrogens with one attached hydrogen (secondary N) is 3. The maximum absolute atomic E-state index is 12.4. The van der Waals surface area contributed by atoms with Crippen LogP contribution in [0.5, 0.6) is 0 Å². The Morgan fingerprint density at radius 3 is 2.37 bits per heavy atom. The topological polar surface area (TPSA) is 104 Å². The molecule has 1 saturated heterocycles. The molecule has 0 bridgehead atoms. The van der Waals surface area contributed by atoms with Crippen molar-refractivity contribution in [1.82, 2.24) is 5.32 Å². The molecule has 0 unspecified atom stereocenters. The summed E-state index contributed by atoms with van der Waals surface area (Å²) < 4.78 is 22.9. The first kappa shape index (κ1) is 19.2. The highest BCUT2D eigenvalue weighted by molar-refractivity contribution is 7.91. The summed E-state index contributed by atoms with van der Waals surface area (Å²) >= 11 is 5.90. The van der Waals surface area contributed by atoms with Gasteiger partial charge in [0.1, 0.15) is 0 Å². The van der Waals surface area contributed by atoms with E-state index in [0.717, 1.165) is 0 Å². The highest BCUT2D eigenvalue weighted by atomic mass is 35.5. The van der Waals surface area contributed by atoms with Crippen LogP contribution in [0.25, 0.3) is 0 Å². The van der Waals surface area contributed by atoms with E-state index in [1.165, 1.54) is 6.07 Å². The summed E-state index contributed by atoms with van der Waals surface area (Å²) in [4.78, 5) is 24.4. The third kappa shape index (κ3) is 5.45. The second-order valence-corrected chi connectivity index (χ2v) is 8.91. The van der Waals surface area contributed by atoms with Gasteiger partial charge in [-0.05, 0) is 42.8 Å². The summed E-state index contributed by atoms with van der Waals surface area (Å²) in [6.45, 7) is 0. The lowest BCUT2D eigenvalue weighted by Gasteiger charge is -2.13. The number of anilines is 2. The van der Waals surface area contributed by atoms with Crippen molar-refractivity contribution in [2.24, 2.45) is 0 Å². The standard InChI is InChI=1S/C18H18ClN3O4S/c19-13-4-2-6-15(10-13)20-17(23)12-3-1-5-14(9-12)21-18(24)22-16-7-8-27(25,26)11-16/h1-6,9-10,16H,7-8,11H2,(H,20,23)(H2,21,22,24)/t16-/m1/s1. The van der Waals surface area contributed by atoms with Crippen molar-refractivity contribution in [1.29, 1.82) is 0 Å². The van der Waals surface area contributed by atoms with Crippen LogP contribution < -0.4 is 16.0 Å². The largest absolute Gasteiger partial charge is 0.334 e. The van der Waals surface area contributed by atoms with Gasteiger partial charge in [0.15, 0.2) is 9.84 Å². The molecular formula is C18H18ClN3O4S. The van der Waals surface area contributed by atoms with Crippen LogP contribution in [0.15, 0.2) is 48.5 Å². The zero-order chi connectivity index (χ0) is 19.4. The number of carbonyl (C=O) groups is 2. The molecule has 142 valence electrons. The molecule has 7 nitrogen and oxygen atoms in total. The van der Waals surface area contributed by atoms with Crippen LogP contribution in [-0.2, 0) is 9.84 Å². The van der Waals surface area contributed by atoms with Crippen LogP contribution in [0, 0.1) is 0 Å². The molecule has 0 aliphatic carbocycles. The Morgan fingerprint density at radius 1 is 1.00 bits per heavy atom. The Morgan fingerprint density at radius 2 is 1.70 bits per heavy atom. The first-order valence-electron chi connectivity index (χ1n) is 8.26. The molecule has 9 heteroatoms. The molecule has 0 radical (unpaired) electrons. The molecule has 3 amide bonds. The number of carbonyl (C=O) groups excluding carboxylic acids is 2. The molecule has 1 fully saturated rings. The van der Waals surface area contributed by atoms with Crippen molar-refractivity contribution in [3.63, 3.8) is 0 Å². The maximum Gasteiger partial charge on any atom is 0.319 e. The lowest BCUT2D eigenvalue weighted by molar-refractivity contribution is 0.102. The van der Waals surface area contributed by atoms with E-state index in [4.69, 9.17) is 11.6 Å². The van der Waals surface area contributed by atoms with Gasteiger partial charge in [-0.25, -0.2) is 13.2 Å². The Hall–Kier alpha value is -2.58. The number of urea groups is 1. The van der Waals surface area contributed by atoms with Crippen LogP contribution in [0.4, 0.5) is 16.2 Å². The molecule has 2 aromatic carbocycles. The van der Waals surface area contributed by atoms with E-state index >= 15 is 0 Å². The van der Waals surface area contributed by atoms with Gasteiger partial charge in [-0.1, -0.05) is 23.7 Å². The van der Waals surface area contributed by atoms with Crippen LogP contribution in [0.3, 0.4) is 0 Å². The number of rotatable bonds is 4. The van der Waals surface area contributed by atoms with Gasteiger partial charge in [-0.15, -0.1) is 0 Å². The van der Waals surface area contributed by atoms with E-state index in [-0.39, 0.29) is 17.4 Å². The molecule has 0 saturated carbocycles. The van der Waals surface area contributed by atoms with Crippen LogP contribution in [-0.4, -0.2) is 37.9 Å². The molecule has 2 aromatic rings. The summed E-state index contributed by atoms with van der Waals surface area (Å²) in [6, 6.07) is 12.3. The van der Waals surface area contributed by atoms with Gasteiger partial charge < -0.3 is 16.0 Å². The molecule has 3 rings (SSSR count). The second kappa shape index (κ2) is 7.98. The van der Waals surface area contributed by atoms with Gasteiger partial charge in [0.25, 0.3) is 5.91 Å². The molecular weight excluding hydrogens is 390 g/mol. The van der Waals surface area contributed by atoms with E-state index in [1.54, 1.807) is 42.5 Å². The molecule has 1 atom stereocenters. The van der Waals surface area contributed by atoms with Gasteiger partial charge >= 0.3 is 6.03 Å². The molecule has 1 aliphatic rings. The molecule has 0 spiro atoms. The van der Waals surface area contributed by atoms with E-state index in [1.807, 2.05) is 0 Å².